The van der Waals surface area contributed by atoms with Crippen molar-refractivity contribution < 1.29 is 4.79 Å². The summed E-state index contributed by atoms with van der Waals surface area (Å²) in [6, 6.07) is 13.6. The van der Waals surface area contributed by atoms with Crippen molar-refractivity contribution in [2.45, 2.75) is 30.7 Å². The summed E-state index contributed by atoms with van der Waals surface area (Å²) < 4.78 is 1.90. The van der Waals surface area contributed by atoms with Crippen LogP contribution in [0.4, 0.5) is 0 Å². The van der Waals surface area contributed by atoms with Crippen LogP contribution in [0.15, 0.2) is 53.8 Å². The Morgan fingerprint density at radius 3 is 2.68 bits per heavy atom. The summed E-state index contributed by atoms with van der Waals surface area (Å²) in [7, 11) is 0. The molecule has 0 radical (unpaired) electrons. The van der Waals surface area contributed by atoms with Crippen LogP contribution in [0.25, 0.3) is 5.65 Å². The van der Waals surface area contributed by atoms with Crippen molar-refractivity contribution >= 4 is 23.2 Å². The van der Waals surface area contributed by atoms with Gasteiger partial charge in [-0.3, -0.25) is 9.20 Å². The maximum Gasteiger partial charge on any atom is 0.196 e. The number of carbonyl (C=O) groups excluding carboxylic acids is 1. The Kier molecular flexibility index (Phi) is 4.24. The molecule has 0 N–H and O–H groups in total. The fraction of sp³-hybridized carbons (Fsp3) is 0.235. The number of Topliss-reactive ketones (excluding diaryl/α,β-unsaturated/α-hetero) is 1. The van der Waals surface area contributed by atoms with E-state index in [1.54, 1.807) is 0 Å². The second-order valence-electron chi connectivity index (χ2n) is 5.09. The third kappa shape index (κ3) is 2.90. The van der Waals surface area contributed by atoms with Gasteiger partial charge in [-0.25, -0.2) is 0 Å². The van der Waals surface area contributed by atoms with Crippen LogP contribution in [0.1, 0.15) is 29.8 Å². The van der Waals surface area contributed by atoms with Crippen molar-refractivity contribution in [3.63, 3.8) is 0 Å². The van der Waals surface area contributed by atoms with Crippen LogP contribution in [0.3, 0.4) is 0 Å². The van der Waals surface area contributed by atoms with Gasteiger partial charge in [-0.2, -0.15) is 0 Å². The fourth-order valence-electron chi connectivity index (χ4n) is 2.25. The van der Waals surface area contributed by atoms with Crippen LogP contribution in [-0.2, 0) is 6.42 Å². The summed E-state index contributed by atoms with van der Waals surface area (Å²) in [5.74, 6) is 0.111. The van der Waals surface area contributed by atoms with Gasteiger partial charge in [0.15, 0.2) is 16.6 Å². The third-order valence-corrected chi connectivity index (χ3v) is 4.64. The van der Waals surface area contributed by atoms with Crippen molar-refractivity contribution in [2.75, 3.05) is 0 Å². The Labute approximate surface area is 133 Å². The number of pyridine rings is 1. The van der Waals surface area contributed by atoms with Crippen LogP contribution >= 0.6 is 11.8 Å². The van der Waals surface area contributed by atoms with Crippen molar-refractivity contribution in [3.8, 4) is 0 Å². The van der Waals surface area contributed by atoms with E-state index < -0.39 is 0 Å². The Hall–Kier alpha value is -2.14. The van der Waals surface area contributed by atoms with E-state index in [9.17, 15) is 4.79 Å². The van der Waals surface area contributed by atoms with Crippen LogP contribution in [-0.4, -0.2) is 25.6 Å². The lowest BCUT2D eigenvalue weighted by Crippen LogP contribution is -2.14. The largest absolute Gasteiger partial charge is 0.293 e. The molecule has 0 bridgehead atoms. The lowest BCUT2D eigenvalue weighted by Gasteiger charge is -2.09. The number of ketones is 1. The molecule has 0 spiro atoms. The molecule has 4 nitrogen and oxygen atoms in total. The second-order valence-corrected chi connectivity index (χ2v) is 6.39. The summed E-state index contributed by atoms with van der Waals surface area (Å²) in [5.41, 5.74) is 2.77. The zero-order chi connectivity index (χ0) is 15.5. The van der Waals surface area contributed by atoms with Gasteiger partial charge in [0.05, 0.1) is 5.25 Å². The van der Waals surface area contributed by atoms with Gasteiger partial charge in [-0.15, -0.1) is 10.2 Å². The van der Waals surface area contributed by atoms with Crippen molar-refractivity contribution in [1.29, 1.82) is 0 Å². The van der Waals surface area contributed by atoms with Gasteiger partial charge in [0.2, 0.25) is 0 Å². The number of benzene rings is 1. The van der Waals surface area contributed by atoms with E-state index in [0.717, 1.165) is 22.8 Å². The average Bonchev–Trinajstić information content (AvgIpc) is 2.97. The molecule has 0 aliphatic heterocycles. The summed E-state index contributed by atoms with van der Waals surface area (Å²) >= 11 is 1.43. The lowest BCUT2D eigenvalue weighted by molar-refractivity contribution is 0.0994. The van der Waals surface area contributed by atoms with Crippen molar-refractivity contribution in [1.82, 2.24) is 14.6 Å². The first-order chi connectivity index (χ1) is 10.7. The summed E-state index contributed by atoms with van der Waals surface area (Å²) in [6.07, 6.45) is 2.88. The number of carbonyl (C=O) groups is 1. The smallest absolute Gasteiger partial charge is 0.196 e. The third-order valence-electron chi connectivity index (χ3n) is 3.58. The number of nitrogens with zero attached hydrogens (tertiary/aromatic N) is 3. The molecular formula is C17H17N3OS. The first-order valence-corrected chi connectivity index (χ1v) is 8.16. The minimum absolute atomic E-state index is 0.111. The molecule has 2 heterocycles. The quantitative estimate of drug-likeness (QED) is 0.533. The van der Waals surface area contributed by atoms with E-state index in [1.165, 1.54) is 17.3 Å². The predicted molar refractivity (Wildman–Crippen MR) is 88.5 cm³/mol. The average molecular weight is 311 g/mol. The molecule has 1 aromatic carbocycles. The maximum atomic E-state index is 12.5. The molecule has 0 aliphatic rings. The number of rotatable bonds is 5. The van der Waals surface area contributed by atoms with E-state index in [1.807, 2.05) is 60.0 Å². The van der Waals surface area contributed by atoms with Gasteiger partial charge in [0, 0.05) is 11.8 Å². The van der Waals surface area contributed by atoms with E-state index in [2.05, 4.69) is 17.1 Å². The van der Waals surface area contributed by atoms with E-state index in [0.29, 0.717) is 0 Å². The Balaban J connectivity index is 1.78. The van der Waals surface area contributed by atoms with Crippen LogP contribution in [0, 0.1) is 0 Å². The monoisotopic (exact) mass is 311 g/mol. The molecule has 0 unspecified atom stereocenters. The molecule has 2 aromatic heterocycles. The second kappa shape index (κ2) is 6.32. The Bertz CT molecular complexity index is 795. The minimum atomic E-state index is -0.208. The highest BCUT2D eigenvalue weighted by Gasteiger charge is 2.19. The molecule has 22 heavy (non-hydrogen) atoms. The van der Waals surface area contributed by atoms with Gasteiger partial charge in [0.1, 0.15) is 0 Å². The number of aryl methyl sites for hydroxylation is 1. The number of thioether (sulfide) groups is 1. The van der Waals surface area contributed by atoms with Crippen LogP contribution < -0.4 is 0 Å². The number of fused-ring (bicyclic) bond motifs is 1. The number of hydrogen-bond acceptors (Lipinski definition) is 4. The molecule has 3 rings (SSSR count). The zero-order valence-corrected chi connectivity index (χ0v) is 13.4. The van der Waals surface area contributed by atoms with Gasteiger partial charge in [-0.1, -0.05) is 49.0 Å². The standard InChI is InChI=1S/C17H17N3OS/c1-3-13-7-9-14(10-8-13)16(21)12(2)22-17-19-18-15-6-4-5-11-20(15)17/h4-12H,3H2,1-2H3/t12-/m1/s1. The molecule has 0 amide bonds. The maximum absolute atomic E-state index is 12.5. The molecule has 0 saturated carbocycles. The topological polar surface area (TPSA) is 47.3 Å². The van der Waals surface area contributed by atoms with Crippen LogP contribution in [0.5, 0.6) is 0 Å². The summed E-state index contributed by atoms with van der Waals surface area (Å²) in [5, 5.41) is 8.80. The fourth-order valence-corrected chi connectivity index (χ4v) is 3.17. The molecule has 0 saturated heterocycles. The molecule has 5 heteroatoms. The SMILES string of the molecule is CCc1ccc(C(=O)[C@@H](C)Sc2nnc3ccccn23)cc1. The Morgan fingerprint density at radius 2 is 1.95 bits per heavy atom. The molecule has 1 atom stereocenters. The molecule has 0 aliphatic carbocycles. The summed E-state index contributed by atoms with van der Waals surface area (Å²) in [6.45, 7) is 4.01. The number of hydrogen-bond donors (Lipinski definition) is 0. The summed E-state index contributed by atoms with van der Waals surface area (Å²) in [4.78, 5) is 12.5. The predicted octanol–water partition coefficient (Wildman–Crippen LogP) is 3.66. The van der Waals surface area contributed by atoms with Crippen molar-refractivity contribution in [2.24, 2.45) is 0 Å². The normalized spacial score (nSPS) is 12.5. The molecule has 3 aromatic rings. The zero-order valence-electron chi connectivity index (χ0n) is 12.6. The van der Waals surface area contributed by atoms with Gasteiger partial charge in [0.25, 0.3) is 0 Å². The lowest BCUT2D eigenvalue weighted by atomic mass is 10.1. The van der Waals surface area contributed by atoms with Crippen molar-refractivity contribution in [3.05, 3.63) is 59.8 Å². The van der Waals surface area contributed by atoms with Gasteiger partial charge < -0.3 is 0 Å². The molecule has 112 valence electrons. The minimum Gasteiger partial charge on any atom is -0.293 e. The highest BCUT2D eigenvalue weighted by Crippen LogP contribution is 2.24. The van der Waals surface area contributed by atoms with Crippen LogP contribution in [0.2, 0.25) is 0 Å². The first-order valence-electron chi connectivity index (χ1n) is 7.28. The van der Waals surface area contributed by atoms with E-state index in [4.69, 9.17) is 0 Å². The molecule has 0 fully saturated rings. The highest BCUT2D eigenvalue weighted by atomic mass is 32.2. The number of aromatic nitrogens is 3. The molecular weight excluding hydrogens is 294 g/mol. The van der Waals surface area contributed by atoms with E-state index >= 15 is 0 Å². The Morgan fingerprint density at radius 1 is 1.18 bits per heavy atom. The van der Waals surface area contributed by atoms with E-state index in [-0.39, 0.29) is 11.0 Å². The van der Waals surface area contributed by atoms with Gasteiger partial charge in [-0.05, 0) is 31.0 Å². The first kappa shape index (κ1) is 14.8. The highest BCUT2D eigenvalue weighted by molar-refractivity contribution is 8.00. The van der Waals surface area contributed by atoms with Gasteiger partial charge >= 0.3 is 0 Å².